The van der Waals surface area contributed by atoms with Crippen LogP contribution in [0, 0.1) is 11.8 Å². The lowest BCUT2D eigenvalue weighted by atomic mass is 9.85. The van der Waals surface area contributed by atoms with E-state index in [-0.39, 0.29) is 17.9 Å². The molecule has 3 aliphatic rings. The minimum absolute atomic E-state index is 0.113. The summed E-state index contributed by atoms with van der Waals surface area (Å²) in [7, 11) is 0. The van der Waals surface area contributed by atoms with Gasteiger partial charge in [-0.1, -0.05) is 42.5 Å². The zero-order valence-electron chi connectivity index (χ0n) is 16.2. The molecule has 29 heavy (non-hydrogen) atoms. The van der Waals surface area contributed by atoms with Crippen LogP contribution in [0.1, 0.15) is 44.3 Å². The molecule has 1 aromatic rings. The van der Waals surface area contributed by atoms with Crippen LogP contribution in [-0.2, 0) is 23.9 Å². The van der Waals surface area contributed by atoms with E-state index >= 15 is 0 Å². The summed E-state index contributed by atoms with van der Waals surface area (Å²) >= 11 is 0. The third-order valence-electron chi connectivity index (χ3n) is 5.77. The molecule has 0 spiro atoms. The molecule has 7 heteroatoms. The number of ether oxygens (including phenoxy) is 1. The number of fused-ring (bicyclic) bond motifs is 1. The number of esters is 1. The fourth-order valence-corrected chi connectivity index (χ4v) is 3.93. The highest BCUT2D eigenvalue weighted by atomic mass is 16.5. The number of nitrogens with one attached hydrogen (secondary N) is 1. The van der Waals surface area contributed by atoms with E-state index in [0.29, 0.717) is 18.4 Å². The van der Waals surface area contributed by atoms with Crippen LogP contribution in [0.2, 0.25) is 0 Å². The molecule has 1 saturated carbocycles. The third-order valence-corrected chi connectivity index (χ3v) is 5.77. The number of carbonyl (C=O) groups excluding carboxylic acids is 4. The molecule has 1 aliphatic heterocycles. The lowest BCUT2D eigenvalue weighted by Crippen LogP contribution is -2.45. The van der Waals surface area contributed by atoms with Crippen LogP contribution in [0.25, 0.3) is 0 Å². The molecule has 0 unspecified atom stereocenters. The number of rotatable bonds is 6. The topological polar surface area (TPSA) is 92.8 Å². The first-order valence-electron chi connectivity index (χ1n) is 10.0. The summed E-state index contributed by atoms with van der Waals surface area (Å²) in [6.45, 7) is 1.48. The first-order chi connectivity index (χ1) is 14.0. The molecule has 1 heterocycles. The van der Waals surface area contributed by atoms with Crippen molar-refractivity contribution in [3.8, 4) is 0 Å². The molecule has 0 bridgehead atoms. The van der Waals surface area contributed by atoms with Crippen LogP contribution in [0.4, 0.5) is 0 Å². The highest BCUT2D eigenvalue weighted by Crippen LogP contribution is 2.36. The van der Waals surface area contributed by atoms with Crippen molar-refractivity contribution < 1.29 is 23.9 Å². The number of amides is 3. The summed E-state index contributed by atoms with van der Waals surface area (Å²) in [5.74, 6) is -2.66. The Hall–Kier alpha value is -2.96. The van der Waals surface area contributed by atoms with Crippen molar-refractivity contribution in [1.82, 2.24) is 10.2 Å². The Morgan fingerprint density at radius 2 is 1.62 bits per heavy atom. The Labute approximate surface area is 169 Å². The SMILES string of the molecule is C[C@@H](C(=O)O[C@@H](C(=O)NC1CC1)c1ccccc1)N1C(=O)[C@H]2CC=CC[C@@H]2C1=O. The Morgan fingerprint density at radius 1 is 1.03 bits per heavy atom. The number of carbonyl (C=O) groups is 4. The molecule has 7 nitrogen and oxygen atoms in total. The average Bonchev–Trinajstić information content (AvgIpc) is 3.51. The van der Waals surface area contributed by atoms with E-state index in [0.717, 1.165) is 17.7 Å². The monoisotopic (exact) mass is 396 g/mol. The van der Waals surface area contributed by atoms with E-state index in [4.69, 9.17) is 4.74 Å². The van der Waals surface area contributed by atoms with E-state index in [1.165, 1.54) is 6.92 Å². The molecular weight excluding hydrogens is 372 g/mol. The first kappa shape index (κ1) is 19.4. The van der Waals surface area contributed by atoms with Gasteiger partial charge in [-0.2, -0.15) is 0 Å². The van der Waals surface area contributed by atoms with Gasteiger partial charge < -0.3 is 10.1 Å². The molecule has 2 fully saturated rings. The van der Waals surface area contributed by atoms with Crippen LogP contribution in [0.5, 0.6) is 0 Å². The van der Waals surface area contributed by atoms with Crippen LogP contribution in [0.15, 0.2) is 42.5 Å². The van der Waals surface area contributed by atoms with Crippen LogP contribution >= 0.6 is 0 Å². The molecular formula is C22H24N2O5. The molecule has 1 aromatic carbocycles. The Kier molecular flexibility index (Phi) is 5.22. The van der Waals surface area contributed by atoms with Crippen molar-refractivity contribution in [2.75, 3.05) is 0 Å². The van der Waals surface area contributed by atoms with Gasteiger partial charge in [0.25, 0.3) is 5.91 Å². The molecule has 0 radical (unpaired) electrons. The number of allylic oxidation sites excluding steroid dienone is 2. The first-order valence-corrected chi connectivity index (χ1v) is 10.0. The number of benzene rings is 1. The number of nitrogens with zero attached hydrogens (tertiary/aromatic N) is 1. The maximum absolute atomic E-state index is 12.9. The molecule has 4 rings (SSSR count). The molecule has 4 atom stereocenters. The molecule has 2 aliphatic carbocycles. The zero-order chi connectivity index (χ0) is 20.5. The van der Waals surface area contributed by atoms with Crippen molar-refractivity contribution in [3.05, 3.63) is 48.0 Å². The smallest absolute Gasteiger partial charge is 0.330 e. The molecule has 1 N–H and O–H groups in total. The van der Waals surface area contributed by atoms with E-state index in [1.807, 2.05) is 12.2 Å². The standard InChI is InChI=1S/C22H24N2O5/c1-13(24-20(26)16-9-5-6-10-17(16)21(24)27)22(28)29-18(14-7-3-2-4-8-14)19(25)23-15-11-12-15/h2-8,13,15-18H,9-12H2,1H3,(H,23,25)/t13-,16-,17-,18+/m0/s1. The van der Waals surface area contributed by atoms with Crippen LogP contribution < -0.4 is 5.32 Å². The fraction of sp³-hybridized carbons (Fsp3) is 0.455. The van der Waals surface area contributed by atoms with Crippen LogP contribution in [0.3, 0.4) is 0 Å². The number of hydrogen-bond donors (Lipinski definition) is 1. The predicted molar refractivity (Wildman–Crippen MR) is 103 cm³/mol. The van der Waals surface area contributed by atoms with Crippen molar-refractivity contribution >= 4 is 23.7 Å². The van der Waals surface area contributed by atoms with Gasteiger partial charge in [-0.15, -0.1) is 0 Å². The number of imide groups is 1. The Balaban J connectivity index is 1.50. The lowest BCUT2D eigenvalue weighted by molar-refractivity contribution is -0.165. The fourth-order valence-electron chi connectivity index (χ4n) is 3.93. The quantitative estimate of drug-likeness (QED) is 0.450. The highest BCUT2D eigenvalue weighted by molar-refractivity contribution is 6.08. The highest BCUT2D eigenvalue weighted by Gasteiger charge is 2.50. The number of likely N-dealkylation sites (tertiary alicyclic amines) is 1. The largest absolute Gasteiger partial charge is 0.446 e. The van der Waals surface area contributed by atoms with E-state index in [9.17, 15) is 19.2 Å². The molecule has 152 valence electrons. The minimum atomic E-state index is -1.12. The normalized spacial score (nSPS) is 25.3. The van der Waals surface area contributed by atoms with Crippen molar-refractivity contribution in [1.29, 1.82) is 0 Å². The van der Waals surface area contributed by atoms with Crippen molar-refractivity contribution in [2.24, 2.45) is 11.8 Å². The van der Waals surface area contributed by atoms with Gasteiger partial charge in [-0.25, -0.2) is 4.79 Å². The second-order valence-corrected chi connectivity index (χ2v) is 7.89. The van der Waals surface area contributed by atoms with Gasteiger partial charge in [0.15, 0.2) is 0 Å². The Morgan fingerprint density at radius 3 is 2.17 bits per heavy atom. The molecule has 1 saturated heterocycles. The lowest BCUT2D eigenvalue weighted by Gasteiger charge is -2.24. The second-order valence-electron chi connectivity index (χ2n) is 7.89. The van der Waals surface area contributed by atoms with Crippen LogP contribution in [-0.4, -0.2) is 40.7 Å². The second kappa shape index (κ2) is 7.81. The minimum Gasteiger partial charge on any atom is -0.446 e. The summed E-state index contributed by atoms with van der Waals surface area (Å²) in [6, 6.07) is 7.77. The van der Waals surface area contributed by atoms with E-state index in [1.54, 1.807) is 30.3 Å². The third kappa shape index (κ3) is 3.81. The zero-order valence-corrected chi connectivity index (χ0v) is 16.2. The maximum atomic E-state index is 12.9. The molecule has 3 amide bonds. The maximum Gasteiger partial charge on any atom is 0.330 e. The average molecular weight is 396 g/mol. The van der Waals surface area contributed by atoms with Gasteiger partial charge in [-0.05, 0) is 32.6 Å². The van der Waals surface area contributed by atoms with Gasteiger partial charge in [0.1, 0.15) is 6.04 Å². The summed E-state index contributed by atoms with van der Waals surface area (Å²) in [6.07, 6.45) is 5.49. The van der Waals surface area contributed by atoms with Crippen molar-refractivity contribution in [3.63, 3.8) is 0 Å². The van der Waals surface area contributed by atoms with Gasteiger partial charge in [-0.3, -0.25) is 19.3 Å². The summed E-state index contributed by atoms with van der Waals surface area (Å²) < 4.78 is 5.54. The van der Waals surface area contributed by atoms with E-state index in [2.05, 4.69) is 5.32 Å². The van der Waals surface area contributed by atoms with Gasteiger partial charge in [0, 0.05) is 11.6 Å². The predicted octanol–water partition coefficient (Wildman–Crippen LogP) is 1.89. The van der Waals surface area contributed by atoms with Gasteiger partial charge in [0.2, 0.25) is 17.9 Å². The van der Waals surface area contributed by atoms with E-state index < -0.39 is 35.9 Å². The number of hydrogen-bond acceptors (Lipinski definition) is 5. The molecule has 0 aromatic heterocycles. The van der Waals surface area contributed by atoms with Gasteiger partial charge >= 0.3 is 5.97 Å². The van der Waals surface area contributed by atoms with Crippen molar-refractivity contribution in [2.45, 2.75) is 50.8 Å². The summed E-state index contributed by atoms with van der Waals surface area (Å²) in [5, 5.41) is 2.85. The Bertz CT molecular complexity index is 835. The summed E-state index contributed by atoms with van der Waals surface area (Å²) in [5.41, 5.74) is 0.545. The summed E-state index contributed by atoms with van der Waals surface area (Å²) in [4.78, 5) is 52.0. The van der Waals surface area contributed by atoms with Gasteiger partial charge in [0.05, 0.1) is 11.8 Å².